The second-order valence-electron chi connectivity index (χ2n) is 5.16. The molecule has 0 aliphatic carbocycles. The van der Waals surface area contributed by atoms with Crippen LogP contribution in [-0.2, 0) is 0 Å². The molecule has 2 nitrogen and oxygen atoms in total. The van der Waals surface area contributed by atoms with Gasteiger partial charge in [-0.1, -0.05) is 35.9 Å². The van der Waals surface area contributed by atoms with Crippen molar-refractivity contribution in [3.63, 3.8) is 0 Å². The molecule has 0 saturated carbocycles. The minimum absolute atomic E-state index is 0.0531. The van der Waals surface area contributed by atoms with E-state index in [9.17, 15) is 4.39 Å². The zero-order valence-corrected chi connectivity index (χ0v) is 13.2. The van der Waals surface area contributed by atoms with Crippen LogP contribution in [0.15, 0.2) is 42.5 Å². The molecule has 0 spiro atoms. The van der Waals surface area contributed by atoms with Crippen LogP contribution in [0.5, 0.6) is 0 Å². The molecular weight excluding hydrogens is 283 g/mol. The molecule has 2 N–H and O–H groups in total. The maximum Gasteiger partial charge on any atom is 0.171 e. The van der Waals surface area contributed by atoms with Gasteiger partial charge in [0.15, 0.2) is 5.11 Å². The van der Waals surface area contributed by atoms with Crippen molar-refractivity contribution < 1.29 is 4.39 Å². The number of rotatable bonds is 3. The largest absolute Gasteiger partial charge is 0.356 e. The molecule has 0 amide bonds. The minimum Gasteiger partial charge on any atom is -0.356 e. The van der Waals surface area contributed by atoms with Crippen LogP contribution in [0.3, 0.4) is 0 Å². The highest BCUT2D eigenvalue weighted by Crippen LogP contribution is 2.19. The molecule has 4 heteroatoms. The van der Waals surface area contributed by atoms with Crippen LogP contribution in [0.4, 0.5) is 10.1 Å². The second kappa shape index (κ2) is 6.68. The van der Waals surface area contributed by atoms with Crippen molar-refractivity contribution in [1.29, 1.82) is 0 Å². The topological polar surface area (TPSA) is 24.1 Å². The molecule has 0 aliphatic heterocycles. The van der Waals surface area contributed by atoms with Crippen molar-refractivity contribution >= 4 is 23.0 Å². The van der Waals surface area contributed by atoms with Gasteiger partial charge < -0.3 is 10.6 Å². The molecule has 2 rings (SSSR count). The van der Waals surface area contributed by atoms with Gasteiger partial charge >= 0.3 is 0 Å². The first kappa shape index (κ1) is 15.4. The van der Waals surface area contributed by atoms with Gasteiger partial charge in [0.1, 0.15) is 5.82 Å². The SMILES string of the molecule is Cc1ccc([C@H](C)NC(=S)Nc2ccccc2F)c(C)c1. The Balaban J connectivity index is 2.04. The first-order valence-corrected chi connectivity index (χ1v) is 7.27. The van der Waals surface area contributed by atoms with Gasteiger partial charge in [-0.2, -0.15) is 0 Å². The molecule has 2 aromatic carbocycles. The fourth-order valence-corrected chi connectivity index (χ4v) is 2.59. The predicted octanol–water partition coefficient (Wildman–Crippen LogP) is 4.49. The Morgan fingerprint density at radius 1 is 1.14 bits per heavy atom. The van der Waals surface area contributed by atoms with E-state index in [-0.39, 0.29) is 11.9 Å². The number of benzene rings is 2. The van der Waals surface area contributed by atoms with Crippen LogP contribution in [-0.4, -0.2) is 5.11 Å². The number of hydrogen-bond acceptors (Lipinski definition) is 1. The first-order chi connectivity index (χ1) is 9.97. The highest BCUT2D eigenvalue weighted by molar-refractivity contribution is 7.80. The molecular formula is C17H19FN2S. The molecule has 110 valence electrons. The third-order valence-corrected chi connectivity index (χ3v) is 3.58. The monoisotopic (exact) mass is 302 g/mol. The van der Waals surface area contributed by atoms with Crippen LogP contribution < -0.4 is 10.6 Å². The average molecular weight is 302 g/mol. The molecule has 1 atom stereocenters. The van der Waals surface area contributed by atoms with Gasteiger partial charge in [0.25, 0.3) is 0 Å². The van der Waals surface area contributed by atoms with E-state index >= 15 is 0 Å². The Bertz CT molecular complexity index is 655. The van der Waals surface area contributed by atoms with Gasteiger partial charge in [0.2, 0.25) is 0 Å². The van der Waals surface area contributed by atoms with Gasteiger partial charge in [-0.3, -0.25) is 0 Å². The van der Waals surface area contributed by atoms with Crippen LogP contribution in [0.2, 0.25) is 0 Å². The maximum absolute atomic E-state index is 13.6. The molecule has 0 bridgehead atoms. The van der Waals surface area contributed by atoms with Crippen LogP contribution in [0.1, 0.15) is 29.7 Å². The van der Waals surface area contributed by atoms with E-state index < -0.39 is 0 Å². The van der Waals surface area contributed by atoms with Gasteiger partial charge in [0.05, 0.1) is 11.7 Å². The van der Waals surface area contributed by atoms with Gasteiger partial charge in [-0.15, -0.1) is 0 Å². The Hall–Kier alpha value is -1.94. The Kier molecular flexibility index (Phi) is 4.91. The van der Waals surface area contributed by atoms with E-state index in [1.807, 2.05) is 6.92 Å². The molecule has 0 heterocycles. The number of anilines is 1. The lowest BCUT2D eigenvalue weighted by atomic mass is 10.0. The quantitative estimate of drug-likeness (QED) is 0.817. The van der Waals surface area contributed by atoms with E-state index in [1.54, 1.807) is 18.2 Å². The number of para-hydroxylation sites is 1. The summed E-state index contributed by atoms with van der Waals surface area (Å²) in [4.78, 5) is 0. The fourth-order valence-electron chi connectivity index (χ4n) is 2.31. The summed E-state index contributed by atoms with van der Waals surface area (Å²) in [5, 5.41) is 6.48. The average Bonchev–Trinajstić information content (AvgIpc) is 2.41. The van der Waals surface area contributed by atoms with Crippen molar-refractivity contribution in [3.8, 4) is 0 Å². The molecule has 0 saturated heterocycles. The van der Waals surface area contributed by atoms with Crippen LogP contribution in [0, 0.1) is 19.7 Å². The molecule has 21 heavy (non-hydrogen) atoms. The number of aryl methyl sites for hydroxylation is 2. The van der Waals surface area contributed by atoms with E-state index in [1.165, 1.54) is 22.8 Å². The Labute approximate surface area is 130 Å². The summed E-state index contributed by atoms with van der Waals surface area (Å²) >= 11 is 5.25. The molecule has 0 radical (unpaired) electrons. The van der Waals surface area contributed by atoms with E-state index in [2.05, 4.69) is 42.7 Å². The number of nitrogens with one attached hydrogen (secondary N) is 2. The number of hydrogen-bond donors (Lipinski definition) is 2. The van der Waals surface area contributed by atoms with Crippen molar-refractivity contribution in [3.05, 3.63) is 65.0 Å². The standard InChI is InChI=1S/C17H19FN2S/c1-11-8-9-14(12(2)10-11)13(3)19-17(21)20-16-7-5-4-6-15(16)18/h4-10,13H,1-3H3,(H2,19,20,21)/t13-/m0/s1. The smallest absolute Gasteiger partial charge is 0.171 e. The van der Waals surface area contributed by atoms with Crippen LogP contribution >= 0.6 is 12.2 Å². The van der Waals surface area contributed by atoms with Crippen molar-refractivity contribution in [2.75, 3.05) is 5.32 Å². The van der Waals surface area contributed by atoms with Crippen molar-refractivity contribution in [1.82, 2.24) is 5.32 Å². The summed E-state index contributed by atoms with van der Waals surface area (Å²) in [6.45, 7) is 6.18. The zero-order valence-electron chi connectivity index (χ0n) is 12.4. The normalized spacial score (nSPS) is 11.8. The molecule has 0 aliphatic rings. The maximum atomic E-state index is 13.6. The number of halogens is 1. The van der Waals surface area contributed by atoms with E-state index in [0.29, 0.717) is 10.8 Å². The molecule has 0 aromatic heterocycles. The predicted molar refractivity (Wildman–Crippen MR) is 90.1 cm³/mol. The lowest BCUT2D eigenvalue weighted by Crippen LogP contribution is -2.31. The van der Waals surface area contributed by atoms with Gasteiger partial charge in [-0.25, -0.2) is 4.39 Å². The fraction of sp³-hybridized carbons (Fsp3) is 0.235. The van der Waals surface area contributed by atoms with E-state index in [4.69, 9.17) is 12.2 Å². The molecule has 0 fully saturated rings. The Morgan fingerprint density at radius 2 is 1.86 bits per heavy atom. The van der Waals surface area contributed by atoms with Crippen molar-refractivity contribution in [2.24, 2.45) is 0 Å². The molecule has 0 unspecified atom stereocenters. The lowest BCUT2D eigenvalue weighted by molar-refractivity contribution is 0.631. The third-order valence-electron chi connectivity index (χ3n) is 3.36. The van der Waals surface area contributed by atoms with Crippen LogP contribution in [0.25, 0.3) is 0 Å². The summed E-state index contributed by atoms with van der Waals surface area (Å²) < 4.78 is 13.6. The highest BCUT2D eigenvalue weighted by atomic mass is 32.1. The number of thiocarbonyl (C=S) groups is 1. The summed E-state index contributed by atoms with van der Waals surface area (Å²) in [6.07, 6.45) is 0. The lowest BCUT2D eigenvalue weighted by Gasteiger charge is -2.19. The van der Waals surface area contributed by atoms with Crippen molar-refractivity contribution in [2.45, 2.75) is 26.8 Å². The van der Waals surface area contributed by atoms with E-state index in [0.717, 1.165) is 0 Å². The zero-order chi connectivity index (χ0) is 15.4. The third kappa shape index (κ3) is 4.02. The van der Waals surface area contributed by atoms with Gasteiger partial charge in [0, 0.05) is 0 Å². The summed E-state index contributed by atoms with van der Waals surface area (Å²) in [5.41, 5.74) is 4.00. The highest BCUT2D eigenvalue weighted by Gasteiger charge is 2.10. The van der Waals surface area contributed by atoms with Gasteiger partial charge in [-0.05, 0) is 56.2 Å². The minimum atomic E-state index is -0.319. The first-order valence-electron chi connectivity index (χ1n) is 6.86. The second-order valence-corrected chi connectivity index (χ2v) is 5.57. The summed E-state index contributed by atoms with van der Waals surface area (Å²) in [6, 6.07) is 12.8. The summed E-state index contributed by atoms with van der Waals surface area (Å²) in [5.74, 6) is -0.319. The Morgan fingerprint density at radius 3 is 2.52 bits per heavy atom. The molecule has 2 aromatic rings. The summed E-state index contributed by atoms with van der Waals surface area (Å²) in [7, 11) is 0.